The summed E-state index contributed by atoms with van der Waals surface area (Å²) >= 11 is 1.30. The van der Waals surface area contributed by atoms with Gasteiger partial charge in [-0.15, -0.1) is 11.3 Å². The van der Waals surface area contributed by atoms with Crippen LogP contribution in [0.5, 0.6) is 0 Å². The van der Waals surface area contributed by atoms with Crippen molar-refractivity contribution in [3.8, 4) is 11.3 Å². The summed E-state index contributed by atoms with van der Waals surface area (Å²) in [5.41, 5.74) is 2.15. The van der Waals surface area contributed by atoms with Crippen LogP contribution in [0, 0.1) is 12.7 Å². The molecule has 0 atom stereocenters. The van der Waals surface area contributed by atoms with Gasteiger partial charge in [0.1, 0.15) is 5.82 Å². The van der Waals surface area contributed by atoms with Crippen LogP contribution < -0.4 is 5.32 Å². The fourth-order valence-electron chi connectivity index (χ4n) is 3.50. The Kier molecular flexibility index (Phi) is 6.11. The Labute approximate surface area is 187 Å². The molecule has 3 amide bonds. The Bertz CT molecular complexity index is 1210. The molecule has 0 saturated carbocycles. The van der Waals surface area contributed by atoms with Crippen LogP contribution in [-0.2, 0) is 4.74 Å². The number of nitrogens with one attached hydrogen (secondary N) is 1. The third-order valence-electron chi connectivity index (χ3n) is 5.10. The number of hydrogen-bond donors (Lipinski definition) is 1. The van der Waals surface area contributed by atoms with E-state index in [1.54, 1.807) is 19.2 Å². The SMILES string of the molecule is COCCCN1C(=O)c2ccc(C(=O)Nc3nc(-c4ccc(F)cc4)c(C)s3)cc2C1=O. The molecule has 0 aliphatic carbocycles. The molecule has 9 heteroatoms. The lowest BCUT2D eigenvalue weighted by Gasteiger charge is -2.12. The predicted molar refractivity (Wildman–Crippen MR) is 119 cm³/mol. The van der Waals surface area contributed by atoms with E-state index >= 15 is 0 Å². The zero-order chi connectivity index (χ0) is 22.8. The maximum atomic E-state index is 13.2. The van der Waals surface area contributed by atoms with Crippen LogP contribution in [0.3, 0.4) is 0 Å². The van der Waals surface area contributed by atoms with Crippen LogP contribution in [-0.4, -0.2) is 47.9 Å². The molecule has 4 rings (SSSR count). The van der Waals surface area contributed by atoms with Gasteiger partial charge in [-0.3, -0.25) is 24.6 Å². The number of benzene rings is 2. The highest BCUT2D eigenvalue weighted by Gasteiger charge is 2.35. The van der Waals surface area contributed by atoms with Crippen molar-refractivity contribution in [1.29, 1.82) is 0 Å². The first-order valence-corrected chi connectivity index (χ1v) is 10.7. The summed E-state index contributed by atoms with van der Waals surface area (Å²) in [5, 5.41) is 3.12. The number of carbonyl (C=O) groups is 3. The number of hydrogen-bond acceptors (Lipinski definition) is 6. The summed E-state index contributed by atoms with van der Waals surface area (Å²) < 4.78 is 18.2. The maximum absolute atomic E-state index is 13.2. The van der Waals surface area contributed by atoms with Gasteiger partial charge in [0.05, 0.1) is 16.8 Å². The topological polar surface area (TPSA) is 88.6 Å². The smallest absolute Gasteiger partial charge is 0.261 e. The summed E-state index contributed by atoms with van der Waals surface area (Å²) in [6, 6.07) is 10.4. The molecule has 1 aliphatic heterocycles. The number of halogens is 1. The summed E-state index contributed by atoms with van der Waals surface area (Å²) in [6.07, 6.45) is 0.537. The summed E-state index contributed by atoms with van der Waals surface area (Å²) in [6.45, 7) is 2.56. The molecule has 1 aromatic heterocycles. The molecule has 1 N–H and O–H groups in total. The zero-order valence-corrected chi connectivity index (χ0v) is 18.3. The number of nitrogens with zero attached hydrogens (tertiary/aromatic N) is 2. The van der Waals surface area contributed by atoms with Gasteiger partial charge < -0.3 is 4.74 Å². The molecule has 32 heavy (non-hydrogen) atoms. The van der Waals surface area contributed by atoms with E-state index in [4.69, 9.17) is 4.74 Å². The molecule has 0 spiro atoms. The monoisotopic (exact) mass is 453 g/mol. The van der Waals surface area contributed by atoms with Crippen molar-refractivity contribution in [2.75, 3.05) is 25.6 Å². The van der Waals surface area contributed by atoms with E-state index in [0.717, 1.165) is 10.4 Å². The average molecular weight is 453 g/mol. The van der Waals surface area contributed by atoms with Crippen molar-refractivity contribution in [2.24, 2.45) is 0 Å². The second-order valence-electron chi connectivity index (χ2n) is 7.25. The van der Waals surface area contributed by atoms with Gasteiger partial charge >= 0.3 is 0 Å². The Hall–Kier alpha value is -3.43. The van der Waals surface area contributed by atoms with Crippen LogP contribution in [0.4, 0.5) is 9.52 Å². The first-order valence-electron chi connectivity index (χ1n) is 9.93. The molecule has 1 aliphatic rings. The minimum absolute atomic E-state index is 0.211. The lowest BCUT2D eigenvalue weighted by molar-refractivity contribution is 0.0638. The number of fused-ring (bicyclic) bond motifs is 1. The van der Waals surface area contributed by atoms with Gasteiger partial charge in [0.25, 0.3) is 17.7 Å². The maximum Gasteiger partial charge on any atom is 0.261 e. The second kappa shape index (κ2) is 8.97. The first-order chi connectivity index (χ1) is 15.4. The molecule has 164 valence electrons. The van der Waals surface area contributed by atoms with Crippen molar-refractivity contribution in [3.05, 3.63) is 69.8 Å². The van der Waals surface area contributed by atoms with Crippen LogP contribution in [0.1, 0.15) is 42.4 Å². The molecule has 2 heterocycles. The van der Waals surface area contributed by atoms with E-state index in [2.05, 4.69) is 10.3 Å². The van der Waals surface area contributed by atoms with Crippen molar-refractivity contribution in [2.45, 2.75) is 13.3 Å². The molecule has 2 aromatic carbocycles. The number of aromatic nitrogens is 1. The fourth-order valence-corrected chi connectivity index (χ4v) is 4.33. The molecule has 0 fully saturated rings. The highest BCUT2D eigenvalue weighted by molar-refractivity contribution is 7.16. The van der Waals surface area contributed by atoms with Crippen LogP contribution in [0.15, 0.2) is 42.5 Å². The summed E-state index contributed by atoms with van der Waals surface area (Å²) in [5.74, 6) is -1.56. The summed E-state index contributed by atoms with van der Waals surface area (Å²) in [4.78, 5) is 44.4. The molecule has 3 aromatic rings. The van der Waals surface area contributed by atoms with E-state index < -0.39 is 11.8 Å². The predicted octanol–water partition coefficient (Wildman–Crippen LogP) is 4.14. The lowest BCUT2D eigenvalue weighted by atomic mass is 10.1. The standard InChI is InChI=1S/C23H20FN3O4S/c1-13-19(14-4-7-16(24)8-5-14)25-23(32-13)26-20(28)15-6-9-17-18(12-15)22(30)27(21(17)29)10-3-11-31-2/h4-9,12H,3,10-11H2,1-2H3,(H,25,26,28). The fraction of sp³-hybridized carbons (Fsp3) is 0.217. The van der Waals surface area contributed by atoms with Crippen molar-refractivity contribution < 1.29 is 23.5 Å². The Morgan fingerprint density at radius 1 is 1.12 bits per heavy atom. The largest absolute Gasteiger partial charge is 0.385 e. The van der Waals surface area contributed by atoms with E-state index in [1.165, 1.54) is 46.6 Å². The minimum Gasteiger partial charge on any atom is -0.385 e. The number of amides is 3. The van der Waals surface area contributed by atoms with Gasteiger partial charge in [-0.25, -0.2) is 9.37 Å². The second-order valence-corrected chi connectivity index (χ2v) is 8.46. The van der Waals surface area contributed by atoms with Gasteiger partial charge in [0.2, 0.25) is 0 Å². The van der Waals surface area contributed by atoms with Gasteiger partial charge in [-0.05, 0) is 55.8 Å². The zero-order valence-electron chi connectivity index (χ0n) is 17.5. The van der Waals surface area contributed by atoms with E-state index in [0.29, 0.717) is 23.9 Å². The highest BCUT2D eigenvalue weighted by Crippen LogP contribution is 2.31. The lowest BCUT2D eigenvalue weighted by Crippen LogP contribution is -2.31. The molecule has 7 nitrogen and oxygen atoms in total. The number of ether oxygens (including phenoxy) is 1. The molecule has 0 radical (unpaired) electrons. The number of imide groups is 1. The highest BCUT2D eigenvalue weighted by atomic mass is 32.1. The third-order valence-corrected chi connectivity index (χ3v) is 5.98. The van der Waals surface area contributed by atoms with Gasteiger partial charge in [0, 0.05) is 36.3 Å². The van der Waals surface area contributed by atoms with Gasteiger partial charge in [-0.2, -0.15) is 0 Å². The first kappa shape index (κ1) is 21.8. The van der Waals surface area contributed by atoms with Gasteiger partial charge in [-0.1, -0.05) is 0 Å². The molecule has 0 unspecified atom stereocenters. The average Bonchev–Trinajstić information content (AvgIpc) is 3.26. The van der Waals surface area contributed by atoms with Crippen LogP contribution >= 0.6 is 11.3 Å². The Morgan fingerprint density at radius 3 is 2.56 bits per heavy atom. The number of aryl methyl sites for hydroxylation is 1. The normalized spacial score (nSPS) is 12.9. The Morgan fingerprint density at radius 2 is 1.84 bits per heavy atom. The molecule has 0 saturated heterocycles. The molecular formula is C23H20FN3O4S. The number of methoxy groups -OCH3 is 1. The van der Waals surface area contributed by atoms with Crippen molar-refractivity contribution in [1.82, 2.24) is 9.88 Å². The van der Waals surface area contributed by atoms with E-state index in [9.17, 15) is 18.8 Å². The van der Waals surface area contributed by atoms with Gasteiger partial charge in [0.15, 0.2) is 5.13 Å². The van der Waals surface area contributed by atoms with Crippen LogP contribution in [0.25, 0.3) is 11.3 Å². The van der Waals surface area contributed by atoms with Crippen molar-refractivity contribution >= 4 is 34.2 Å². The summed E-state index contributed by atoms with van der Waals surface area (Å²) in [7, 11) is 1.56. The molecule has 0 bridgehead atoms. The van der Waals surface area contributed by atoms with E-state index in [-0.39, 0.29) is 35.0 Å². The minimum atomic E-state index is -0.440. The molecular weight excluding hydrogens is 433 g/mol. The Balaban J connectivity index is 1.51. The number of carbonyl (C=O) groups excluding carboxylic acids is 3. The number of anilines is 1. The third kappa shape index (κ3) is 4.17. The number of thiazole rings is 1. The van der Waals surface area contributed by atoms with Crippen LogP contribution in [0.2, 0.25) is 0 Å². The van der Waals surface area contributed by atoms with E-state index in [1.807, 2.05) is 6.92 Å². The quantitative estimate of drug-likeness (QED) is 0.429. The van der Waals surface area contributed by atoms with Crippen molar-refractivity contribution in [3.63, 3.8) is 0 Å². The number of rotatable bonds is 7.